The number of carbonyl (C=O) groups is 2. The Hall–Kier alpha value is -2.70. The largest absolute Gasteiger partial charge is 0.493 e. The van der Waals surface area contributed by atoms with Crippen molar-refractivity contribution in [2.24, 2.45) is 0 Å². The number of hydrogen-bond donors (Lipinski definition) is 2. The third-order valence-electron chi connectivity index (χ3n) is 5.31. The number of amides is 2. The van der Waals surface area contributed by atoms with Crippen LogP contribution in [-0.4, -0.2) is 32.3 Å². The minimum absolute atomic E-state index is 0.0826. The molecule has 1 aliphatic heterocycles. The van der Waals surface area contributed by atoms with Crippen LogP contribution in [0.4, 0.5) is 4.79 Å². The van der Waals surface area contributed by atoms with Gasteiger partial charge < -0.3 is 24.8 Å². The summed E-state index contributed by atoms with van der Waals surface area (Å²) in [6.45, 7) is 1.71. The molecule has 1 aromatic rings. The molecule has 0 aromatic heterocycles. The maximum absolute atomic E-state index is 13.1. The summed E-state index contributed by atoms with van der Waals surface area (Å²) in [7, 11) is 3.08. The highest BCUT2D eigenvalue weighted by Gasteiger charge is 2.35. The van der Waals surface area contributed by atoms with Gasteiger partial charge in [0.15, 0.2) is 11.5 Å². The number of hydrogen-bond acceptors (Lipinski definition) is 5. The Kier molecular flexibility index (Phi) is 6.44. The van der Waals surface area contributed by atoms with Crippen molar-refractivity contribution in [2.45, 2.75) is 57.6 Å². The van der Waals surface area contributed by atoms with Crippen LogP contribution in [0.1, 0.15) is 57.1 Å². The molecular weight excluding hydrogens is 360 g/mol. The lowest BCUT2D eigenvalue weighted by Crippen LogP contribution is -2.45. The van der Waals surface area contributed by atoms with Crippen LogP contribution in [-0.2, 0) is 9.53 Å². The fourth-order valence-electron chi connectivity index (χ4n) is 3.91. The maximum Gasteiger partial charge on any atom is 0.338 e. The molecule has 1 saturated carbocycles. The average Bonchev–Trinajstić information content (AvgIpc) is 2.95. The minimum atomic E-state index is -0.683. The molecule has 7 nitrogen and oxygen atoms in total. The molecule has 3 rings (SSSR count). The van der Waals surface area contributed by atoms with Crippen molar-refractivity contribution in [3.05, 3.63) is 35.0 Å². The fourth-order valence-corrected chi connectivity index (χ4v) is 3.91. The quantitative estimate of drug-likeness (QED) is 0.595. The van der Waals surface area contributed by atoms with Crippen LogP contribution in [0.5, 0.6) is 11.5 Å². The number of carbonyl (C=O) groups excluding carboxylic acids is 2. The van der Waals surface area contributed by atoms with Gasteiger partial charge in [0, 0.05) is 11.3 Å². The highest BCUT2D eigenvalue weighted by Crippen LogP contribution is 2.39. The molecule has 7 heteroatoms. The normalized spacial score (nSPS) is 20.7. The Morgan fingerprint density at radius 3 is 2.43 bits per heavy atom. The van der Waals surface area contributed by atoms with Crippen molar-refractivity contribution < 1.29 is 23.8 Å². The predicted molar refractivity (Wildman–Crippen MR) is 104 cm³/mol. The number of ether oxygens (including phenoxy) is 3. The first-order valence-electron chi connectivity index (χ1n) is 9.75. The van der Waals surface area contributed by atoms with E-state index >= 15 is 0 Å². The van der Waals surface area contributed by atoms with E-state index in [1.807, 2.05) is 6.07 Å². The Balaban J connectivity index is 1.94. The lowest BCUT2D eigenvalue weighted by molar-refractivity contribution is -0.145. The molecule has 0 spiro atoms. The van der Waals surface area contributed by atoms with Crippen LogP contribution >= 0.6 is 0 Å². The van der Waals surface area contributed by atoms with Gasteiger partial charge >= 0.3 is 12.0 Å². The van der Waals surface area contributed by atoms with Crippen molar-refractivity contribution in [3.8, 4) is 11.5 Å². The minimum Gasteiger partial charge on any atom is -0.493 e. The van der Waals surface area contributed by atoms with E-state index in [1.165, 1.54) is 20.0 Å². The van der Waals surface area contributed by atoms with Gasteiger partial charge in [0.1, 0.15) is 6.10 Å². The summed E-state index contributed by atoms with van der Waals surface area (Å²) in [6.07, 6.45) is 6.17. The van der Waals surface area contributed by atoms with Crippen LogP contribution < -0.4 is 20.1 Å². The van der Waals surface area contributed by atoms with E-state index in [0.717, 1.165) is 25.7 Å². The van der Waals surface area contributed by atoms with Gasteiger partial charge in [0.25, 0.3) is 0 Å². The first-order valence-corrected chi connectivity index (χ1v) is 9.75. The zero-order chi connectivity index (χ0) is 20.1. The fraction of sp³-hybridized carbons (Fsp3) is 0.524. The molecule has 2 aliphatic rings. The van der Waals surface area contributed by atoms with E-state index in [9.17, 15) is 9.59 Å². The van der Waals surface area contributed by atoms with Crippen LogP contribution in [0.15, 0.2) is 29.5 Å². The number of esters is 1. The number of urea groups is 1. The Bertz CT molecular complexity index is 766. The Morgan fingerprint density at radius 2 is 1.79 bits per heavy atom. The van der Waals surface area contributed by atoms with Gasteiger partial charge in [-0.1, -0.05) is 25.0 Å². The molecule has 0 bridgehead atoms. The van der Waals surface area contributed by atoms with E-state index in [1.54, 1.807) is 26.2 Å². The first kappa shape index (κ1) is 20.0. The highest BCUT2D eigenvalue weighted by molar-refractivity contribution is 5.95. The predicted octanol–water partition coefficient (Wildman–Crippen LogP) is 3.60. The zero-order valence-corrected chi connectivity index (χ0v) is 16.7. The third kappa shape index (κ3) is 4.24. The summed E-state index contributed by atoms with van der Waals surface area (Å²) in [4.78, 5) is 25.2. The second kappa shape index (κ2) is 8.99. The van der Waals surface area contributed by atoms with E-state index in [4.69, 9.17) is 14.2 Å². The molecule has 2 amide bonds. The molecule has 152 valence electrons. The monoisotopic (exact) mass is 388 g/mol. The summed E-state index contributed by atoms with van der Waals surface area (Å²) in [6, 6.07) is 4.32. The smallest absolute Gasteiger partial charge is 0.338 e. The molecule has 28 heavy (non-hydrogen) atoms. The van der Waals surface area contributed by atoms with Crippen LogP contribution in [0, 0.1) is 0 Å². The molecule has 1 atom stereocenters. The zero-order valence-electron chi connectivity index (χ0n) is 16.7. The number of nitrogens with one attached hydrogen (secondary N) is 2. The van der Waals surface area contributed by atoms with Crippen molar-refractivity contribution >= 4 is 12.0 Å². The van der Waals surface area contributed by atoms with Crippen molar-refractivity contribution in [1.82, 2.24) is 10.6 Å². The Labute approximate surface area is 165 Å². The van der Waals surface area contributed by atoms with Crippen LogP contribution in [0.25, 0.3) is 0 Å². The lowest BCUT2D eigenvalue weighted by atomic mass is 9.94. The molecule has 0 radical (unpaired) electrons. The van der Waals surface area contributed by atoms with Gasteiger partial charge in [-0.3, -0.25) is 0 Å². The van der Waals surface area contributed by atoms with E-state index in [0.29, 0.717) is 28.3 Å². The van der Waals surface area contributed by atoms with Gasteiger partial charge in [0.2, 0.25) is 0 Å². The van der Waals surface area contributed by atoms with Gasteiger partial charge in [-0.15, -0.1) is 0 Å². The summed E-state index contributed by atoms with van der Waals surface area (Å²) in [5.74, 6) is 0.596. The molecule has 0 unspecified atom stereocenters. The number of allylic oxidation sites excluding steroid dienone is 1. The summed E-state index contributed by atoms with van der Waals surface area (Å²) in [5, 5.41) is 5.51. The van der Waals surface area contributed by atoms with Gasteiger partial charge in [-0.2, -0.15) is 0 Å². The molecule has 1 aliphatic carbocycles. The van der Waals surface area contributed by atoms with E-state index in [-0.39, 0.29) is 12.1 Å². The van der Waals surface area contributed by atoms with Gasteiger partial charge in [-0.05, 0) is 38.7 Å². The second-order valence-electron chi connectivity index (χ2n) is 7.17. The standard InChI is InChI=1S/C21H28N2O5/c1-13-17(20(24)28-14-9-6-4-5-7-10-14)18(23-21(25)22-13)15-11-8-12-16(26-2)19(15)27-3/h8,11-12,14,18H,4-7,9-10H2,1-3H3,(H2,22,23,25)/t18-/m1/s1. The molecule has 1 fully saturated rings. The molecule has 1 aromatic carbocycles. The lowest BCUT2D eigenvalue weighted by Gasteiger charge is -2.30. The molecule has 1 heterocycles. The highest BCUT2D eigenvalue weighted by atomic mass is 16.5. The van der Waals surface area contributed by atoms with Crippen molar-refractivity contribution in [3.63, 3.8) is 0 Å². The van der Waals surface area contributed by atoms with Crippen LogP contribution in [0.2, 0.25) is 0 Å². The van der Waals surface area contributed by atoms with Gasteiger partial charge in [0.05, 0.1) is 25.8 Å². The van der Waals surface area contributed by atoms with E-state index < -0.39 is 12.0 Å². The van der Waals surface area contributed by atoms with Crippen molar-refractivity contribution in [1.29, 1.82) is 0 Å². The SMILES string of the molecule is COc1cccc([C@H]2NC(=O)NC(C)=C2C(=O)OC2CCCCCC2)c1OC. The summed E-state index contributed by atoms with van der Waals surface area (Å²) in [5.41, 5.74) is 1.51. The average molecular weight is 388 g/mol. The van der Waals surface area contributed by atoms with Crippen LogP contribution in [0.3, 0.4) is 0 Å². The van der Waals surface area contributed by atoms with Gasteiger partial charge in [-0.25, -0.2) is 9.59 Å². The molecule has 2 N–H and O–H groups in total. The second-order valence-corrected chi connectivity index (χ2v) is 7.17. The molecular formula is C21H28N2O5. The molecule has 0 saturated heterocycles. The Morgan fingerprint density at radius 1 is 1.07 bits per heavy atom. The number of benzene rings is 1. The van der Waals surface area contributed by atoms with E-state index in [2.05, 4.69) is 10.6 Å². The maximum atomic E-state index is 13.1. The third-order valence-corrected chi connectivity index (χ3v) is 5.31. The topological polar surface area (TPSA) is 85.9 Å². The van der Waals surface area contributed by atoms with Crippen molar-refractivity contribution in [2.75, 3.05) is 14.2 Å². The number of para-hydroxylation sites is 1. The number of methoxy groups -OCH3 is 2. The number of rotatable bonds is 5. The summed E-state index contributed by atoms with van der Waals surface area (Å²) < 4.78 is 16.7. The summed E-state index contributed by atoms with van der Waals surface area (Å²) >= 11 is 0. The first-order chi connectivity index (χ1) is 13.5.